The van der Waals surface area contributed by atoms with Crippen LogP contribution in [0.4, 0.5) is 5.95 Å². The van der Waals surface area contributed by atoms with E-state index < -0.39 is 9.84 Å². The lowest BCUT2D eigenvalue weighted by atomic mass is 10.3. The van der Waals surface area contributed by atoms with Crippen LogP contribution in [0.25, 0.3) is 16.6 Å². The number of benzene rings is 1. The Morgan fingerprint density at radius 1 is 1.17 bits per heavy atom. The molecular weight excluding hydrogens is 316 g/mol. The molecule has 0 amide bonds. The molecule has 0 aliphatic carbocycles. The van der Waals surface area contributed by atoms with Gasteiger partial charge in [0.25, 0.3) is 5.56 Å². The van der Waals surface area contributed by atoms with Gasteiger partial charge in [-0.05, 0) is 31.0 Å². The van der Waals surface area contributed by atoms with Gasteiger partial charge in [-0.25, -0.2) is 13.4 Å². The van der Waals surface area contributed by atoms with Crippen LogP contribution in [-0.2, 0) is 9.84 Å². The Hall–Kier alpha value is -2.35. The number of hydrogen-bond donors (Lipinski definition) is 1. The minimum Gasteiger partial charge on any atom is -0.342 e. The van der Waals surface area contributed by atoms with Gasteiger partial charge in [-0.2, -0.15) is 0 Å². The van der Waals surface area contributed by atoms with Crippen molar-refractivity contribution in [2.75, 3.05) is 24.2 Å². The summed E-state index contributed by atoms with van der Waals surface area (Å²) in [4.78, 5) is 21.8. The van der Waals surface area contributed by atoms with E-state index in [2.05, 4.69) is 14.9 Å². The van der Waals surface area contributed by atoms with Crippen LogP contribution in [0.2, 0.25) is 0 Å². The molecule has 120 valence electrons. The second kappa shape index (κ2) is 4.82. The highest BCUT2D eigenvalue weighted by Crippen LogP contribution is 2.24. The molecule has 1 aromatic carbocycles. The molecule has 7 nitrogen and oxygen atoms in total. The Morgan fingerprint density at radius 2 is 1.91 bits per heavy atom. The van der Waals surface area contributed by atoms with Crippen LogP contribution in [0.1, 0.15) is 12.8 Å². The summed E-state index contributed by atoms with van der Waals surface area (Å²) in [5.74, 6) is 0.694. The first-order valence-electron chi connectivity index (χ1n) is 7.44. The Bertz CT molecular complexity index is 1080. The molecule has 2 aromatic heterocycles. The minimum atomic E-state index is -3.33. The van der Waals surface area contributed by atoms with Crippen LogP contribution >= 0.6 is 0 Å². The number of anilines is 1. The largest absolute Gasteiger partial charge is 0.342 e. The summed E-state index contributed by atoms with van der Waals surface area (Å²) in [7, 11) is -3.33. The fraction of sp³-hybridized carbons (Fsp3) is 0.333. The van der Waals surface area contributed by atoms with Crippen LogP contribution in [0, 0.1) is 0 Å². The lowest BCUT2D eigenvalue weighted by Gasteiger charge is -2.16. The van der Waals surface area contributed by atoms with E-state index in [9.17, 15) is 13.2 Å². The molecule has 0 bridgehead atoms. The zero-order valence-corrected chi connectivity index (χ0v) is 13.4. The number of hydrogen-bond acceptors (Lipinski definition) is 5. The fourth-order valence-electron chi connectivity index (χ4n) is 3.10. The summed E-state index contributed by atoms with van der Waals surface area (Å²) in [5, 5.41) is 0. The normalized spacial score (nSPS) is 15.8. The molecule has 23 heavy (non-hydrogen) atoms. The summed E-state index contributed by atoms with van der Waals surface area (Å²) in [5.41, 5.74) is 1.42. The van der Waals surface area contributed by atoms with Gasteiger partial charge in [-0.1, -0.05) is 0 Å². The molecule has 0 spiro atoms. The number of H-pyrrole nitrogens is 1. The highest BCUT2D eigenvalue weighted by molar-refractivity contribution is 7.90. The van der Waals surface area contributed by atoms with E-state index in [1.807, 2.05) is 0 Å². The van der Waals surface area contributed by atoms with E-state index in [4.69, 9.17) is 0 Å². The molecule has 3 aromatic rings. The predicted octanol–water partition coefficient (Wildman–Crippen LogP) is 1.18. The van der Waals surface area contributed by atoms with E-state index in [0.29, 0.717) is 22.5 Å². The molecule has 4 rings (SSSR count). The van der Waals surface area contributed by atoms with Crippen LogP contribution in [0.5, 0.6) is 0 Å². The summed E-state index contributed by atoms with van der Waals surface area (Å²) in [6, 6.07) is 4.72. The molecule has 0 atom stereocenters. The maximum Gasteiger partial charge on any atom is 0.274 e. The molecule has 0 radical (unpaired) electrons. The number of fused-ring (bicyclic) bond motifs is 3. The van der Waals surface area contributed by atoms with Crippen molar-refractivity contribution >= 4 is 32.3 Å². The number of aromatic nitrogens is 3. The topological polar surface area (TPSA) is 87.5 Å². The highest BCUT2D eigenvalue weighted by atomic mass is 32.2. The molecule has 1 aliphatic heterocycles. The molecule has 3 heterocycles. The molecule has 1 N–H and O–H groups in total. The van der Waals surface area contributed by atoms with E-state index in [-0.39, 0.29) is 10.5 Å². The second-order valence-electron chi connectivity index (χ2n) is 5.88. The Labute approximate surface area is 132 Å². The van der Waals surface area contributed by atoms with Crippen molar-refractivity contribution in [1.82, 2.24) is 14.4 Å². The number of sulfone groups is 1. The summed E-state index contributed by atoms with van der Waals surface area (Å²) in [6.07, 6.45) is 4.89. The average molecular weight is 332 g/mol. The third kappa shape index (κ3) is 2.21. The van der Waals surface area contributed by atoms with Crippen molar-refractivity contribution in [3.63, 3.8) is 0 Å². The van der Waals surface area contributed by atoms with Gasteiger partial charge < -0.3 is 9.88 Å². The van der Waals surface area contributed by atoms with Crippen molar-refractivity contribution in [3.8, 4) is 0 Å². The maximum absolute atomic E-state index is 12.2. The van der Waals surface area contributed by atoms with Gasteiger partial charge in [0, 0.05) is 19.3 Å². The van der Waals surface area contributed by atoms with E-state index in [1.165, 1.54) is 12.3 Å². The van der Waals surface area contributed by atoms with Crippen LogP contribution in [-0.4, -0.2) is 42.1 Å². The first-order valence-corrected chi connectivity index (χ1v) is 9.33. The number of nitrogens with zero attached hydrogens (tertiary/aromatic N) is 3. The minimum absolute atomic E-state index is 0.222. The fourth-order valence-corrected chi connectivity index (χ4v) is 3.74. The summed E-state index contributed by atoms with van der Waals surface area (Å²) >= 11 is 0. The SMILES string of the molecule is CS(=O)(=O)c1ccc2[nH]c(=O)c3cnc(N4CCCC4)n3c2c1. The average Bonchev–Trinajstić information content (AvgIpc) is 3.15. The molecule has 0 saturated carbocycles. The monoisotopic (exact) mass is 332 g/mol. The van der Waals surface area contributed by atoms with Crippen molar-refractivity contribution < 1.29 is 8.42 Å². The summed E-state index contributed by atoms with van der Waals surface area (Å²) < 4.78 is 25.5. The van der Waals surface area contributed by atoms with Crippen LogP contribution in [0.15, 0.2) is 34.1 Å². The van der Waals surface area contributed by atoms with Gasteiger partial charge in [-0.15, -0.1) is 0 Å². The number of aromatic amines is 1. The Balaban J connectivity index is 2.11. The van der Waals surface area contributed by atoms with Gasteiger partial charge in [0.05, 0.1) is 22.1 Å². The number of rotatable bonds is 2. The molecule has 1 fully saturated rings. The van der Waals surface area contributed by atoms with E-state index >= 15 is 0 Å². The van der Waals surface area contributed by atoms with Gasteiger partial charge in [0.15, 0.2) is 9.84 Å². The summed E-state index contributed by atoms with van der Waals surface area (Å²) in [6.45, 7) is 1.78. The van der Waals surface area contributed by atoms with Crippen molar-refractivity contribution in [1.29, 1.82) is 0 Å². The highest BCUT2D eigenvalue weighted by Gasteiger charge is 2.20. The maximum atomic E-state index is 12.2. The van der Waals surface area contributed by atoms with Crippen molar-refractivity contribution in [2.24, 2.45) is 0 Å². The van der Waals surface area contributed by atoms with Crippen LogP contribution in [0.3, 0.4) is 0 Å². The van der Waals surface area contributed by atoms with Gasteiger partial charge >= 0.3 is 0 Å². The lowest BCUT2D eigenvalue weighted by Crippen LogP contribution is -2.21. The van der Waals surface area contributed by atoms with E-state index in [1.54, 1.807) is 22.7 Å². The van der Waals surface area contributed by atoms with Crippen molar-refractivity contribution in [2.45, 2.75) is 17.7 Å². The first kappa shape index (κ1) is 14.3. The number of imidazole rings is 1. The van der Waals surface area contributed by atoms with E-state index in [0.717, 1.165) is 25.9 Å². The zero-order chi connectivity index (χ0) is 16.2. The van der Waals surface area contributed by atoms with Gasteiger partial charge in [0.2, 0.25) is 5.95 Å². The Kier molecular flexibility index (Phi) is 2.99. The van der Waals surface area contributed by atoms with Crippen molar-refractivity contribution in [3.05, 3.63) is 34.7 Å². The first-order chi connectivity index (χ1) is 10.9. The standard InChI is InChI=1S/C15H16N4O3S/c1-23(21,22)10-4-5-11-12(8-10)19-13(14(20)17-11)9-16-15(19)18-6-2-3-7-18/h4-5,8-9H,2-3,6-7H2,1H3,(H,17,20). The molecular formula is C15H16N4O3S. The van der Waals surface area contributed by atoms with Gasteiger partial charge in [-0.3, -0.25) is 9.20 Å². The smallest absolute Gasteiger partial charge is 0.274 e. The second-order valence-corrected chi connectivity index (χ2v) is 7.89. The zero-order valence-electron chi connectivity index (χ0n) is 12.6. The third-order valence-electron chi connectivity index (χ3n) is 4.25. The predicted molar refractivity (Wildman–Crippen MR) is 87.9 cm³/mol. The molecule has 8 heteroatoms. The molecule has 1 aliphatic rings. The lowest BCUT2D eigenvalue weighted by molar-refractivity contribution is 0.602. The third-order valence-corrected chi connectivity index (χ3v) is 5.36. The number of nitrogens with one attached hydrogen (secondary N) is 1. The van der Waals surface area contributed by atoms with Gasteiger partial charge in [0.1, 0.15) is 5.52 Å². The Morgan fingerprint density at radius 3 is 2.61 bits per heavy atom. The van der Waals surface area contributed by atoms with Crippen LogP contribution < -0.4 is 10.5 Å². The molecule has 0 unspecified atom stereocenters. The molecule has 1 saturated heterocycles. The quantitative estimate of drug-likeness (QED) is 0.761.